The molecule has 2 aromatic heterocycles. The van der Waals surface area contributed by atoms with E-state index in [1.165, 1.54) is 18.3 Å². The number of nitrogens with zero attached hydrogens (tertiary/aromatic N) is 4. The number of hydrogen-bond donors (Lipinski definition) is 0. The second kappa shape index (κ2) is 4.65. The van der Waals surface area contributed by atoms with Crippen molar-refractivity contribution < 1.29 is 8.78 Å². The van der Waals surface area contributed by atoms with E-state index in [-0.39, 0.29) is 0 Å². The summed E-state index contributed by atoms with van der Waals surface area (Å²) in [6.45, 7) is 1.58. The van der Waals surface area contributed by atoms with Crippen LogP contribution in [0.15, 0.2) is 36.5 Å². The molecule has 3 fully saturated rings. The van der Waals surface area contributed by atoms with Gasteiger partial charge in [0.25, 0.3) is 0 Å². The lowest BCUT2D eigenvalue weighted by atomic mass is 9.87. The van der Waals surface area contributed by atoms with Gasteiger partial charge in [0.1, 0.15) is 5.82 Å². The lowest BCUT2D eigenvalue weighted by Gasteiger charge is -2.57. The van der Waals surface area contributed by atoms with Gasteiger partial charge in [-0.2, -0.15) is 8.78 Å². The molecular weight excluding hydrogens is 274 g/mol. The Morgan fingerprint density at radius 2 is 1.86 bits per heavy atom. The fourth-order valence-electron chi connectivity index (χ4n) is 3.32. The second-order valence-electron chi connectivity index (χ2n) is 5.51. The van der Waals surface area contributed by atoms with Crippen molar-refractivity contribution in [2.75, 3.05) is 22.9 Å². The molecule has 2 bridgehead atoms. The van der Waals surface area contributed by atoms with Crippen LogP contribution in [0.5, 0.6) is 0 Å². The van der Waals surface area contributed by atoms with Gasteiger partial charge in [-0.05, 0) is 24.6 Å². The van der Waals surface area contributed by atoms with E-state index in [1.807, 2.05) is 12.1 Å². The van der Waals surface area contributed by atoms with Crippen LogP contribution in [0.4, 0.5) is 20.3 Å². The molecule has 3 aliphatic rings. The SMILES string of the molecule is Fc1cc(N2CC3CC(C2)N3c2cccc(F)n2)ccn1. The summed E-state index contributed by atoms with van der Waals surface area (Å²) in [5.41, 5.74) is 0.851. The van der Waals surface area contributed by atoms with Crippen molar-refractivity contribution in [3.63, 3.8) is 0 Å². The molecule has 5 rings (SSSR count). The van der Waals surface area contributed by atoms with E-state index in [9.17, 15) is 8.78 Å². The summed E-state index contributed by atoms with van der Waals surface area (Å²) in [7, 11) is 0. The fourth-order valence-corrected chi connectivity index (χ4v) is 3.32. The highest BCUT2D eigenvalue weighted by molar-refractivity contribution is 5.54. The maximum absolute atomic E-state index is 13.3. The van der Waals surface area contributed by atoms with E-state index < -0.39 is 11.9 Å². The standard InChI is InChI=1S/C15H14F2N4/c16-13-2-1-3-15(19-13)21-11-6-12(21)9-20(8-11)10-4-5-18-14(17)7-10/h1-5,7,11-12H,6,8-9H2. The Bertz CT molecular complexity index is 666. The molecule has 2 unspecified atom stereocenters. The van der Waals surface area contributed by atoms with Crippen molar-refractivity contribution in [2.45, 2.75) is 18.5 Å². The van der Waals surface area contributed by atoms with Crippen molar-refractivity contribution in [1.82, 2.24) is 9.97 Å². The zero-order valence-corrected chi connectivity index (χ0v) is 11.3. The molecule has 3 aliphatic heterocycles. The van der Waals surface area contributed by atoms with Gasteiger partial charge >= 0.3 is 0 Å². The van der Waals surface area contributed by atoms with Crippen LogP contribution in [-0.4, -0.2) is 35.1 Å². The van der Waals surface area contributed by atoms with E-state index in [4.69, 9.17) is 0 Å². The molecular formula is C15H14F2N4. The molecule has 2 aromatic rings. The van der Waals surface area contributed by atoms with E-state index in [1.54, 1.807) is 6.07 Å². The van der Waals surface area contributed by atoms with Crippen LogP contribution in [0.3, 0.4) is 0 Å². The highest BCUT2D eigenvalue weighted by Gasteiger charge is 2.45. The number of anilines is 2. The summed E-state index contributed by atoms with van der Waals surface area (Å²) in [6.07, 6.45) is 2.55. The summed E-state index contributed by atoms with van der Waals surface area (Å²) in [5, 5.41) is 0. The molecule has 21 heavy (non-hydrogen) atoms. The molecule has 0 aliphatic carbocycles. The number of aromatic nitrogens is 2. The van der Waals surface area contributed by atoms with E-state index in [0.29, 0.717) is 17.9 Å². The molecule has 0 aromatic carbocycles. The van der Waals surface area contributed by atoms with Crippen LogP contribution >= 0.6 is 0 Å². The van der Waals surface area contributed by atoms with Crippen molar-refractivity contribution in [1.29, 1.82) is 0 Å². The fraction of sp³-hybridized carbons (Fsp3) is 0.333. The summed E-state index contributed by atoms with van der Waals surface area (Å²) in [6, 6.07) is 8.74. The first-order chi connectivity index (χ1) is 10.2. The zero-order chi connectivity index (χ0) is 14.4. The molecule has 5 heterocycles. The molecule has 0 spiro atoms. The molecule has 4 nitrogen and oxygen atoms in total. The normalized spacial score (nSPS) is 23.9. The Kier molecular flexibility index (Phi) is 2.77. The third-order valence-corrected chi connectivity index (χ3v) is 4.23. The van der Waals surface area contributed by atoms with Gasteiger partial charge in [0.2, 0.25) is 11.9 Å². The summed E-state index contributed by atoms with van der Waals surface area (Å²) in [4.78, 5) is 11.9. The Morgan fingerprint density at radius 3 is 2.57 bits per heavy atom. The predicted molar refractivity (Wildman–Crippen MR) is 75.3 cm³/mol. The smallest absolute Gasteiger partial charge is 0.214 e. The van der Waals surface area contributed by atoms with Crippen LogP contribution < -0.4 is 9.80 Å². The molecule has 0 amide bonds. The quantitative estimate of drug-likeness (QED) is 0.793. The lowest BCUT2D eigenvalue weighted by Crippen LogP contribution is -2.69. The van der Waals surface area contributed by atoms with Gasteiger partial charge in [0, 0.05) is 31.0 Å². The molecule has 0 N–H and O–H groups in total. The summed E-state index contributed by atoms with van der Waals surface area (Å²) < 4.78 is 26.5. The van der Waals surface area contributed by atoms with Crippen LogP contribution in [0.1, 0.15) is 6.42 Å². The summed E-state index contributed by atoms with van der Waals surface area (Å²) >= 11 is 0. The minimum Gasteiger partial charge on any atom is -0.367 e. The maximum atomic E-state index is 13.3. The Labute approximate surface area is 121 Å². The largest absolute Gasteiger partial charge is 0.367 e. The number of piperazine rings is 1. The average molecular weight is 288 g/mol. The minimum absolute atomic E-state index is 0.300. The number of piperidine rings is 1. The monoisotopic (exact) mass is 288 g/mol. The number of hydrogen-bond acceptors (Lipinski definition) is 4. The number of fused-ring (bicyclic) bond motifs is 2. The van der Waals surface area contributed by atoms with Crippen molar-refractivity contribution in [3.8, 4) is 0 Å². The number of rotatable bonds is 2. The van der Waals surface area contributed by atoms with Crippen molar-refractivity contribution in [2.24, 2.45) is 0 Å². The average Bonchev–Trinajstić information content (AvgIpc) is 2.47. The molecule has 6 heteroatoms. The predicted octanol–water partition coefficient (Wildman–Crippen LogP) is 2.22. The van der Waals surface area contributed by atoms with Gasteiger partial charge in [-0.1, -0.05) is 6.07 Å². The molecule has 3 saturated heterocycles. The topological polar surface area (TPSA) is 32.3 Å². The van der Waals surface area contributed by atoms with E-state index >= 15 is 0 Å². The van der Waals surface area contributed by atoms with Crippen LogP contribution in [0.2, 0.25) is 0 Å². The van der Waals surface area contributed by atoms with E-state index in [0.717, 1.165) is 25.2 Å². The highest BCUT2D eigenvalue weighted by atomic mass is 19.1. The first-order valence-electron chi connectivity index (χ1n) is 6.98. The summed E-state index contributed by atoms with van der Waals surface area (Å²) in [5.74, 6) is -0.224. The van der Waals surface area contributed by atoms with E-state index in [2.05, 4.69) is 19.8 Å². The first kappa shape index (κ1) is 12.5. The van der Waals surface area contributed by atoms with Gasteiger partial charge in [-0.3, -0.25) is 0 Å². The lowest BCUT2D eigenvalue weighted by molar-refractivity contribution is 0.288. The number of pyridine rings is 2. The van der Waals surface area contributed by atoms with Crippen molar-refractivity contribution in [3.05, 3.63) is 48.4 Å². The molecule has 2 atom stereocenters. The minimum atomic E-state index is -0.463. The Morgan fingerprint density at radius 1 is 1.05 bits per heavy atom. The van der Waals surface area contributed by atoms with Crippen LogP contribution in [0, 0.1) is 11.9 Å². The van der Waals surface area contributed by atoms with Gasteiger partial charge < -0.3 is 9.80 Å². The van der Waals surface area contributed by atoms with Crippen LogP contribution in [-0.2, 0) is 0 Å². The third kappa shape index (κ3) is 2.11. The van der Waals surface area contributed by atoms with Gasteiger partial charge in [0.15, 0.2) is 0 Å². The molecule has 0 radical (unpaired) electrons. The van der Waals surface area contributed by atoms with Gasteiger partial charge in [-0.25, -0.2) is 9.97 Å². The van der Waals surface area contributed by atoms with Crippen molar-refractivity contribution >= 4 is 11.5 Å². The van der Waals surface area contributed by atoms with Gasteiger partial charge in [0.05, 0.1) is 12.1 Å². The van der Waals surface area contributed by atoms with Gasteiger partial charge in [-0.15, -0.1) is 0 Å². The molecule has 108 valence electrons. The highest BCUT2D eigenvalue weighted by Crippen LogP contribution is 2.37. The maximum Gasteiger partial charge on any atom is 0.214 e. The number of halogens is 2. The third-order valence-electron chi connectivity index (χ3n) is 4.23. The van der Waals surface area contributed by atoms with Crippen LogP contribution in [0.25, 0.3) is 0 Å². The Balaban J connectivity index is 1.54. The Hall–Kier alpha value is -2.24. The first-order valence-corrected chi connectivity index (χ1v) is 6.98. The molecule has 0 saturated carbocycles. The zero-order valence-electron chi connectivity index (χ0n) is 11.3. The second-order valence-corrected chi connectivity index (χ2v) is 5.51.